The Hall–Kier alpha value is 0.791. The number of benzene rings is 1. The summed E-state index contributed by atoms with van der Waals surface area (Å²) < 4.78 is 0. The van der Waals surface area contributed by atoms with Crippen LogP contribution >= 0.6 is 0 Å². The van der Waals surface area contributed by atoms with Crippen molar-refractivity contribution in [1.29, 1.82) is 0 Å². The van der Waals surface area contributed by atoms with Gasteiger partial charge in [0, 0.05) is 48.9 Å². The van der Waals surface area contributed by atoms with Crippen molar-refractivity contribution in [3.8, 4) is 0 Å². The van der Waals surface area contributed by atoms with Gasteiger partial charge < -0.3 is 0 Å². The first-order valence-corrected chi connectivity index (χ1v) is 2.83. The van der Waals surface area contributed by atoms with Crippen LogP contribution in [-0.2, 0) is 0 Å². The summed E-state index contributed by atoms with van der Waals surface area (Å²) in [6.07, 6.45) is 0. The van der Waals surface area contributed by atoms with Gasteiger partial charge in [0.1, 0.15) is 0 Å². The van der Waals surface area contributed by atoms with E-state index in [-0.39, 0.29) is 48.9 Å². The maximum Gasteiger partial charge on any atom is 0 e. The third-order valence-electron chi connectivity index (χ3n) is 1.43. The number of hydrogen-bond donors (Lipinski definition) is 0. The molecule has 1 heteroatoms. The van der Waals surface area contributed by atoms with Crippen molar-refractivity contribution in [3.05, 3.63) is 35.4 Å². The Morgan fingerprint density at radius 2 is 1.22 bits per heavy atom. The van der Waals surface area contributed by atoms with Crippen molar-refractivity contribution in [1.82, 2.24) is 0 Å². The van der Waals surface area contributed by atoms with Crippen molar-refractivity contribution in [3.63, 3.8) is 0 Å². The minimum absolute atomic E-state index is 0. The first-order chi connectivity index (χ1) is 3.80. The smallest absolute Gasteiger partial charge is 0 e. The quantitative estimate of drug-likeness (QED) is 0.649. The van der Waals surface area contributed by atoms with Gasteiger partial charge in [0.05, 0.1) is 0 Å². The predicted octanol–water partition coefficient (Wildman–Crippen LogP) is 2.30. The topological polar surface area (TPSA) is 0 Å². The number of hydrogen-bond acceptors (Lipinski definition) is 0. The molecule has 0 spiro atoms. The Bertz CT molecular complexity index is 161. The molecule has 0 unspecified atom stereocenters. The largest absolute Gasteiger partial charge is 0.0620 e. The molecular formula is C8H10Xe. The van der Waals surface area contributed by atoms with Crippen LogP contribution < -0.4 is 0 Å². The Kier molecular flexibility index (Phi) is 4.99. The summed E-state index contributed by atoms with van der Waals surface area (Å²) >= 11 is 0. The van der Waals surface area contributed by atoms with Crippen LogP contribution in [0.1, 0.15) is 11.1 Å². The minimum Gasteiger partial charge on any atom is -0.0620 e. The van der Waals surface area contributed by atoms with Gasteiger partial charge in [-0.2, -0.15) is 0 Å². The van der Waals surface area contributed by atoms with E-state index >= 15 is 0 Å². The van der Waals surface area contributed by atoms with E-state index in [0.717, 1.165) is 0 Å². The van der Waals surface area contributed by atoms with Crippen LogP contribution in [0.15, 0.2) is 24.3 Å². The first kappa shape index (κ1) is 9.79. The van der Waals surface area contributed by atoms with Gasteiger partial charge in [-0.25, -0.2) is 0 Å². The summed E-state index contributed by atoms with van der Waals surface area (Å²) in [4.78, 5) is 0. The second-order valence-corrected chi connectivity index (χ2v) is 2.08. The summed E-state index contributed by atoms with van der Waals surface area (Å²) in [5, 5.41) is 0. The third kappa shape index (κ3) is 2.92. The molecule has 0 atom stereocenters. The van der Waals surface area contributed by atoms with E-state index in [1.807, 2.05) is 0 Å². The summed E-state index contributed by atoms with van der Waals surface area (Å²) in [5.74, 6) is 0. The summed E-state index contributed by atoms with van der Waals surface area (Å²) in [5.41, 5.74) is 2.74. The molecule has 0 N–H and O–H groups in total. The number of rotatable bonds is 0. The molecule has 0 saturated carbocycles. The molecule has 0 heterocycles. The van der Waals surface area contributed by atoms with E-state index in [9.17, 15) is 0 Å². The molecule has 1 aromatic carbocycles. The van der Waals surface area contributed by atoms with Gasteiger partial charge in [-0.15, -0.1) is 0 Å². The predicted molar refractivity (Wildman–Crippen MR) is 35.9 cm³/mol. The van der Waals surface area contributed by atoms with Gasteiger partial charge in [0.15, 0.2) is 0 Å². The van der Waals surface area contributed by atoms with Crippen LogP contribution in [0.2, 0.25) is 0 Å². The van der Waals surface area contributed by atoms with Gasteiger partial charge in [-0.3, -0.25) is 0 Å². The second kappa shape index (κ2) is 4.58. The average molecular weight is 237 g/mol. The summed E-state index contributed by atoms with van der Waals surface area (Å²) in [6.45, 7) is 4.24. The fourth-order valence-corrected chi connectivity index (χ4v) is 0.663. The van der Waals surface area contributed by atoms with E-state index in [2.05, 4.69) is 38.1 Å². The molecule has 0 bridgehead atoms. The van der Waals surface area contributed by atoms with Crippen LogP contribution in [0, 0.1) is 62.7 Å². The maximum atomic E-state index is 2.12. The molecule has 1 rings (SSSR count). The molecule has 0 aliphatic heterocycles. The molecule has 1 aromatic rings. The van der Waals surface area contributed by atoms with Crippen LogP contribution in [0.4, 0.5) is 0 Å². The first-order valence-electron chi connectivity index (χ1n) is 2.83. The molecule has 0 saturated heterocycles. The van der Waals surface area contributed by atoms with Gasteiger partial charge >= 0.3 is 0 Å². The zero-order valence-corrected chi connectivity index (χ0v) is 7.68. The SMILES string of the molecule is Cc1ccccc1C.[Xe]. The van der Waals surface area contributed by atoms with Crippen LogP contribution in [-0.4, -0.2) is 0 Å². The standard InChI is InChI=1S/C8H10.Xe/c1-7-5-3-4-6-8(7)2;/h3-6H,1-2H3;. The van der Waals surface area contributed by atoms with Gasteiger partial charge in [-0.1, -0.05) is 24.3 Å². The van der Waals surface area contributed by atoms with E-state index in [0.29, 0.717) is 0 Å². The van der Waals surface area contributed by atoms with Crippen molar-refractivity contribution < 1.29 is 48.9 Å². The monoisotopic (exact) mass is 238 g/mol. The van der Waals surface area contributed by atoms with Gasteiger partial charge in [-0.05, 0) is 25.0 Å². The molecule has 9 heavy (non-hydrogen) atoms. The van der Waals surface area contributed by atoms with Crippen molar-refractivity contribution in [2.75, 3.05) is 0 Å². The fourth-order valence-electron chi connectivity index (χ4n) is 0.663. The van der Waals surface area contributed by atoms with Crippen LogP contribution in [0.5, 0.6) is 0 Å². The van der Waals surface area contributed by atoms with Gasteiger partial charge in [0.25, 0.3) is 0 Å². The van der Waals surface area contributed by atoms with E-state index in [1.54, 1.807) is 0 Å². The minimum atomic E-state index is 0. The molecule has 0 nitrogen and oxygen atoms in total. The molecule has 0 aliphatic rings. The molecule has 0 aliphatic carbocycles. The van der Waals surface area contributed by atoms with Crippen molar-refractivity contribution in [2.45, 2.75) is 13.8 Å². The summed E-state index contributed by atoms with van der Waals surface area (Å²) in [6, 6.07) is 8.36. The Labute approximate surface area is 96.7 Å². The molecule has 0 amide bonds. The van der Waals surface area contributed by atoms with Crippen molar-refractivity contribution >= 4 is 0 Å². The van der Waals surface area contributed by atoms with E-state index in [4.69, 9.17) is 0 Å². The summed E-state index contributed by atoms with van der Waals surface area (Å²) in [7, 11) is 0. The fraction of sp³-hybridized carbons (Fsp3) is 0.250. The van der Waals surface area contributed by atoms with Crippen LogP contribution in [0.3, 0.4) is 0 Å². The molecular weight excluding hydrogens is 227 g/mol. The van der Waals surface area contributed by atoms with Gasteiger partial charge in [0.2, 0.25) is 0 Å². The number of aryl methyl sites for hydroxylation is 2. The molecule has 50 valence electrons. The van der Waals surface area contributed by atoms with E-state index in [1.165, 1.54) is 11.1 Å². The van der Waals surface area contributed by atoms with Crippen molar-refractivity contribution in [2.24, 2.45) is 0 Å². The zero-order chi connectivity index (χ0) is 5.98. The maximum absolute atomic E-state index is 2.12. The molecule has 0 radical (unpaired) electrons. The average Bonchev–Trinajstić information content (AvgIpc) is 1.77. The second-order valence-electron chi connectivity index (χ2n) is 2.08. The van der Waals surface area contributed by atoms with E-state index < -0.39 is 0 Å². The Balaban J connectivity index is 0.000000640. The zero-order valence-electron chi connectivity index (χ0n) is 5.66. The molecule has 0 aromatic heterocycles. The van der Waals surface area contributed by atoms with Crippen LogP contribution in [0.25, 0.3) is 0 Å². The Morgan fingerprint density at radius 1 is 0.889 bits per heavy atom. The molecule has 0 fully saturated rings. The Morgan fingerprint density at radius 3 is 1.44 bits per heavy atom. The normalized spacial score (nSPS) is 8.22. The third-order valence-corrected chi connectivity index (χ3v) is 1.43.